The van der Waals surface area contributed by atoms with E-state index in [0.29, 0.717) is 22.9 Å². The van der Waals surface area contributed by atoms with E-state index in [4.69, 9.17) is 22.1 Å². The van der Waals surface area contributed by atoms with Gasteiger partial charge >= 0.3 is 0 Å². The Morgan fingerprint density at radius 1 is 1.25 bits per heavy atom. The van der Waals surface area contributed by atoms with Gasteiger partial charge in [-0.3, -0.25) is 0 Å². The number of benzene rings is 1. The third-order valence-corrected chi connectivity index (χ3v) is 2.62. The van der Waals surface area contributed by atoms with Crippen LogP contribution in [0.2, 0.25) is 5.02 Å². The number of hydrogen-bond acceptors (Lipinski definition) is 2. The minimum absolute atomic E-state index is 0.327. The Kier molecular flexibility index (Phi) is 4.35. The number of hydrogen-bond donors (Lipinski definition) is 0. The second-order valence-electron chi connectivity index (χ2n) is 4.15. The molecule has 1 rings (SSSR count). The summed E-state index contributed by atoms with van der Waals surface area (Å²) in [6.45, 7) is 4.23. The molecule has 0 unspecified atom stereocenters. The molecule has 82 valence electrons. The van der Waals surface area contributed by atoms with Crippen molar-refractivity contribution < 1.29 is 0 Å². The van der Waals surface area contributed by atoms with Crippen LogP contribution in [0, 0.1) is 28.6 Å². The molecular formula is C13H13ClN2. The first-order chi connectivity index (χ1) is 7.58. The molecule has 0 aliphatic heterocycles. The Morgan fingerprint density at radius 3 is 2.44 bits per heavy atom. The highest BCUT2D eigenvalue weighted by Gasteiger charge is 2.09. The third kappa shape index (κ3) is 2.99. The van der Waals surface area contributed by atoms with Gasteiger partial charge < -0.3 is 0 Å². The lowest BCUT2D eigenvalue weighted by molar-refractivity contribution is 0.644. The Bertz CT molecular complexity index is 464. The van der Waals surface area contributed by atoms with Gasteiger partial charge in [0.25, 0.3) is 0 Å². The van der Waals surface area contributed by atoms with Gasteiger partial charge in [0.05, 0.1) is 23.1 Å². The van der Waals surface area contributed by atoms with E-state index in [1.807, 2.05) is 12.1 Å². The first-order valence-electron chi connectivity index (χ1n) is 5.16. The molecule has 0 aliphatic carbocycles. The second kappa shape index (κ2) is 5.54. The van der Waals surface area contributed by atoms with Crippen LogP contribution in [0.4, 0.5) is 0 Å². The zero-order valence-electron chi connectivity index (χ0n) is 9.42. The highest BCUT2D eigenvalue weighted by molar-refractivity contribution is 6.31. The minimum atomic E-state index is 0.327. The van der Waals surface area contributed by atoms with E-state index in [2.05, 4.69) is 19.9 Å². The van der Waals surface area contributed by atoms with E-state index in [1.165, 1.54) is 0 Å². The molecule has 0 radical (unpaired) electrons. The zero-order chi connectivity index (χ0) is 12.1. The molecule has 1 aromatic carbocycles. The molecule has 2 nitrogen and oxygen atoms in total. The van der Waals surface area contributed by atoms with Gasteiger partial charge in [-0.15, -0.1) is 0 Å². The zero-order valence-corrected chi connectivity index (χ0v) is 10.2. The summed E-state index contributed by atoms with van der Waals surface area (Å²) in [7, 11) is 0. The first-order valence-corrected chi connectivity index (χ1v) is 5.54. The lowest BCUT2D eigenvalue weighted by atomic mass is 9.95. The second-order valence-corrected chi connectivity index (χ2v) is 4.55. The number of nitriles is 2. The average Bonchev–Trinajstić information content (AvgIpc) is 2.21. The molecule has 0 aliphatic rings. The first kappa shape index (κ1) is 12.6. The number of nitrogens with zero attached hydrogens (tertiary/aromatic N) is 2. The Morgan fingerprint density at radius 2 is 1.94 bits per heavy atom. The van der Waals surface area contributed by atoms with Gasteiger partial charge in [0.1, 0.15) is 6.07 Å². The van der Waals surface area contributed by atoms with Crippen LogP contribution in [0.5, 0.6) is 0 Å². The van der Waals surface area contributed by atoms with Crippen molar-refractivity contribution >= 4 is 11.6 Å². The van der Waals surface area contributed by atoms with Crippen molar-refractivity contribution in [1.82, 2.24) is 0 Å². The van der Waals surface area contributed by atoms with Crippen LogP contribution in [0.1, 0.15) is 30.5 Å². The lowest BCUT2D eigenvalue weighted by Crippen LogP contribution is -2.00. The van der Waals surface area contributed by atoms with E-state index in [1.54, 1.807) is 6.07 Å². The Balaban J connectivity index is 3.21. The molecule has 0 saturated carbocycles. The smallest absolute Gasteiger partial charge is 0.101 e. The predicted molar refractivity (Wildman–Crippen MR) is 64.0 cm³/mol. The van der Waals surface area contributed by atoms with E-state index in [0.717, 1.165) is 17.5 Å². The maximum atomic E-state index is 8.87. The molecule has 0 saturated heterocycles. The molecule has 1 aromatic rings. The van der Waals surface area contributed by atoms with Gasteiger partial charge in [-0.1, -0.05) is 25.4 Å². The normalized spacial score (nSPS) is 9.88. The van der Waals surface area contributed by atoms with Gasteiger partial charge in [-0.2, -0.15) is 10.5 Å². The maximum absolute atomic E-state index is 8.87. The molecule has 0 fully saturated rings. The van der Waals surface area contributed by atoms with E-state index < -0.39 is 0 Å². The molecule has 0 N–H and O–H groups in total. The van der Waals surface area contributed by atoms with Gasteiger partial charge in [-0.05, 0) is 35.6 Å². The quantitative estimate of drug-likeness (QED) is 0.801. The molecule has 16 heavy (non-hydrogen) atoms. The topological polar surface area (TPSA) is 47.6 Å². The number of rotatable bonds is 3. The monoisotopic (exact) mass is 232 g/mol. The number of halogens is 1. The summed E-state index contributed by atoms with van der Waals surface area (Å²) in [5.41, 5.74) is 2.43. The van der Waals surface area contributed by atoms with Crippen molar-refractivity contribution in [2.75, 3.05) is 0 Å². The summed E-state index contributed by atoms with van der Waals surface area (Å²) < 4.78 is 0. The fourth-order valence-electron chi connectivity index (χ4n) is 1.62. The van der Waals surface area contributed by atoms with Crippen LogP contribution in [0.3, 0.4) is 0 Å². The summed E-state index contributed by atoms with van der Waals surface area (Å²) in [6.07, 6.45) is 1.20. The lowest BCUT2D eigenvalue weighted by Gasteiger charge is -2.11. The largest absolute Gasteiger partial charge is 0.198 e. The van der Waals surface area contributed by atoms with Crippen molar-refractivity contribution in [3.8, 4) is 12.1 Å². The highest BCUT2D eigenvalue weighted by atomic mass is 35.5. The fourth-order valence-corrected chi connectivity index (χ4v) is 1.85. The highest BCUT2D eigenvalue weighted by Crippen LogP contribution is 2.23. The summed E-state index contributed by atoms with van der Waals surface area (Å²) in [5, 5.41) is 18.1. The van der Waals surface area contributed by atoms with Gasteiger partial charge in [-0.25, -0.2) is 0 Å². The van der Waals surface area contributed by atoms with Crippen LogP contribution in [-0.4, -0.2) is 0 Å². The van der Waals surface area contributed by atoms with Crippen molar-refractivity contribution in [2.24, 2.45) is 5.92 Å². The van der Waals surface area contributed by atoms with Crippen molar-refractivity contribution in [3.05, 3.63) is 33.8 Å². The summed E-state index contributed by atoms with van der Waals surface area (Å²) in [6, 6.07) is 7.69. The summed E-state index contributed by atoms with van der Waals surface area (Å²) in [4.78, 5) is 0. The van der Waals surface area contributed by atoms with Crippen LogP contribution in [0.25, 0.3) is 0 Å². The molecule has 0 amide bonds. The van der Waals surface area contributed by atoms with Gasteiger partial charge in [0.15, 0.2) is 0 Å². The maximum Gasteiger partial charge on any atom is 0.101 e. The van der Waals surface area contributed by atoms with Crippen molar-refractivity contribution in [2.45, 2.75) is 26.7 Å². The molecule has 0 aromatic heterocycles. The Labute approximate surface area is 101 Å². The van der Waals surface area contributed by atoms with Crippen molar-refractivity contribution in [1.29, 1.82) is 10.5 Å². The van der Waals surface area contributed by atoms with Crippen molar-refractivity contribution in [3.63, 3.8) is 0 Å². The van der Waals surface area contributed by atoms with Crippen LogP contribution in [0.15, 0.2) is 12.1 Å². The average molecular weight is 233 g/mol. The van der Waals surface area contributed by atoms with Crippen LogP contribution >= 0.6 is 11.6 Å². The molecule has 0 spiro atoms. The SMILES string of the molecule is CC(C)Cc1cc(Cl)c(C#N)cc1CC#N. The van der Waals surface area contributed by atoms with E-state index >= 15 is 0 Å². The molecular weight excluding hydrogens is 220 g/mol. The van der Waals surface area contributed by atoms with Crippen LogP contribution < -0.4 is 0 Å². The summed E-state index contributed by atoms with van der Waals surface area (Å²) in [5.74, 6) is 0.501. The standard InChI is InChI=1S/C13H13ClN2/c1-9(2)5-11-7-13(14)12(8-16)6-10(11)3-4-15/h6-7,9H,3,5H2,1-2H3. The van der Waals surface area contributed by atoms with Gasteiger partial charge in [0, 0.05) is 0 Å². The van der Waals surface area contributed by atoms with Crippen LogP contribution in [-0.2, 0) is 12.8 Å². The molecule has 0 atom stereocenters. The minimum Gasteiger partial charge on any atom is -0.198 e. The van der Waals surface area contributed by atoms with E-state index in [9.17, 15) is 0 Å². The fraction of sp³-hybridized carbons (Fsp3) is 0.385. The molecule has 0 bridgehead atoms. The van der Waals surface area contributed by atoms with Gasteiger partial charge in [0.2, 0.25) is 0 Å². The third-order valence-electron chi connectivity index (χ3n) is 2.31. The summed E-state index contributed by atoms with van der Waals surface area (Å²) >= 11 is 5.98. The predicted octanol–water partition coefficient (Wildman–Crippen LogP) is 3.48. The molecule has 3 heteroatoms. The molecule has 0 heterocycles. The van der Waals surface area contributed by atoms with E-state index in [-0.39, 0.29) is 0 Å². The Hall–Kier alpha value is -1.51.